The summed E-state index contributed by atoms with van der Waals surface area (Å²) >= 11 is 12.0. The van der Waals surface area contributed by atoms with E-state index in [1.807, 2.05) is 0 Å². The molecular formula is C17H19Cl2NO3. The van der Waals surface area contributed by atoms with Crippen LogP contribution in [0.2, 0.25) is 10.0 Å². The molecule has 23 heavy (non-hydrogen) atoms. The van der Waals surface area contributed by atoms with Gasteiger partial charge in [0.1, 0.15) is 5.54 Å². The molecule has 0 heterocycles. The minimum absolute atomic E-state index is 0.296. The number of ether oxygens (including phenoxy) is 1. The van der Waals surface area contributed by atoms with Gasteiger partial charge < -0.3 is 10.1 Å². The predicted octanol–water partition coefficient (Wildman–Crippen LogP) is 4.00. The molecule has 6 heteroatoms. The van der Waals surface area contributed by atoms with Gasteiger partial charge in [-0.15, -0.1) is 0 Å². The van der Waals surface area contributed by atoms with Crippen molar-refractivity contribution in [1.29, 1.82) is 0 Å². The summed E-state index contributed by atoms with van der Waals surface area (Å²) in [6.07, 6.45) is 5.92. The van der Waals surface area contributed by atoms with Crippen LogP contribution in [0, 0.1) is 0 Å². The molecule has 1 fully saturated rings. The Morgan fingerprint density at radius 3 is 2.65 bits per heavy atom. The molecule has 1 aromatic rings. The van der Waals surface area contributed by atoms with Crippen molar-refractivity contribution in [2.75, 3.05) is 6.61 Å². The van der Waals surface area contributed by atoms with E-state index in [0.29, 0.717) is 35.1 Å². The first kappa shape index (κ1) is 17.8. The molecule has 0 spiro atoms. The summed E-state index contributed by atoms with van der Waals surface area (Å²) in [5, 5.41) is 3.62. The molecule has 0 saturated heterocycles. The molecular weight excluding hydrogens is 337 g/mol. The van der Waals surface area contributed by atoms with Crippen molar-refractivity contribution >= 4 is 41.2 Å². The maximum absolute atomic E-state index is 12.2. The third-order valence-corrected chi connectivity index (χ3v) is 4.72. The standard InChI is InChI=1S/C17H19Cl2NO3/c1-2-23-16(22)17(10-3-4-11-17)20-14(21)9-8-12-6-5-7-13(18)15(12)19/h5-9H,2-4,10-11H2,1H3,(H,20,21)/b9-8+. The average molecular weight is 356 g/mol. The highest BCUT2D eigenvalue weighted by atomic mass is 35.5. The van der Waals surface area contributed by atoms with Crippen LogP contribution in [0.5, 0.6) is 0 Å². The number of nitrogens with one attached hydrogen (secondary N) is 1. The molecule has 1 amide bonds. The number of hydrogen-bond acceptors (Lipinski definition) is 3. The van der Waals surface area contributed by atoms with E-state index in [2.05, 4.69) is 5.32 Å². The van der Waals surface area contributed by atoms with Crippen molar-refractivity contribution in [3.63, 3.8) is 0 Å². The van der Waals surface area contributed by atoms with E-state index in [9.17, 15) is 9.59 Å². The van der Waals surface area contributed by atoms with Gasteiger partial charge in [0.05, 0.1) is 16.7 Å². The van der Waals surface area contributed by atoms with Gasteiger partial charge in [-0.05, 0) is 37.5 Å². The van der Waals surface area contributed by atoms with Gasteiger partial charge in [0.2, 0.25) is 5.91 Å². The van der Waals surface area contributed by atoms with Gasteiger partial charge in [-0.25, -0.2) is 4.79 Å². The van der Waals surface area contributed by atoms with Crippen LogP contribution in [0.1, 0.15) is 38.2 Å². The Balaban J connectivity index is 2.09. The van der Waals surface area contributed by atoms with Gasteiger partial charge in [0.15, 0.2) is 0 Å². The minimum Gasteiger partial charge on any atom is -0.464 e. The molecule has 124 valence electrons. The molecule has 0 atom stereocenters. The summed E-state index contributed by atoms with van der Waals surface area (Å²) in [6.45, 7) is 2.05. The molecule has 0 aromatic heterocycles. The van der Waals surface area contributed by atoms with Gasteiger partial charge in [0, 0.05) is 6.08 Å². The fourth-order valence-corrected chi connectivity index (χ4v) is 3.09. The van der Waals surface area contributed by atoms with Crippen LogP contribution in [-0.2, 0) is 14.3 Å². The second-order valence-electron chi connectivity index (χ2n) is 5.48. The third-order valence-electron chi connectivity index (χ3n) is 3.88. The molecule has 0 radical (unpaired) electrons. The second kappa shape index (κ2) is 7.84. The summed E-state index contributed by atoms with van der Waals surface area (Å²) in [4.78, 5) is 24.4. The lowest BCUT2D eigenvalue weighted by molar-refractivity contribution is -0.152. The van der Waals surface area contributed by atoms with E-state index in [4.69, 9.17) is 27.9 Å². The molecule has 0 unspecified atom stereocenters. The lowest BCUT2D eigenvalue weighted by Gasteiger charge is -2.27. The summed E-state index contributed by atoms with van der Waals surface area (Å²) in [5.41, 5.74) is -0.263. The van der Waals surface area contributed by atoms with Gasteiger partial charge >= 0.3 is 5.97 Å². The van der Waals surface area contributed by atoms with E-state index in [0.717, 1.165) is 12.8 Å². The van der Waals surface area contributed by atoms with Crippen LogP contribution >= 0.6 is 23.2 Å². The average Bonchev–Trinajstić information content (AvgIpc) is 2.99. The maximum Gasteiger partial charge on any atom is 0.331 e. The van der Waals surface area contributed by atoms with Crippen molar-refractivity contribution in [2.45, 2.75) is 38.1 Å². The Morgan fingerprint density at radius 1 is 1.30 bits per heavy atom. The van der Waals surface area contributed by atoms with Crippen LogP contribution in [0.15, 0.2) is 24.3 Å². The monoisotopic (exact) mass is 355 g/mol. The quantitative estimate of drug-likeness (QED) is 0.641. The van der Waals surface area contributed by atoms with Crippen molar-refractivity contribution in [2.24, 2.45) is 0 Å². The normalized spacial score (nSPS) is 16.5. The molecule has 0 aliphatic heterocycles. The van der Waals surface area contributed by atoms with E-state index in [1.54, 1.807) is 31.2 Å². The maximum atomic E-state index is 12.2. The zero-order valence-electron chi connectivity index (χ0n) is 12.9. The zero-order chi connectivity index (χ0) is 16.9. The number of esters is 1. The zero-order valence-corrected chi connectivity index (χ0v) is 14.4. The van der Waals surface area contributed by atoms with Crippen LogP contribution < -0.4 is 5.32 Å². The highest BCUT2D eigenvalue weighted by molar-refractivity contribution is 6.42. The molecule has 1 N–H and O–H groups in total. The van der Waals surface area contributed by atoms with Crippen LogP contribution in [-0.4, -0.2) is 24.0 Å². The van der Waals surface area contributed by atoms with E-state index >= 15 is 0 Å². The number of hydrogen-bond donors (Lipinski definition) is 1. The van der Waals surface area contributed by atoms with Crippen LogP contribution in [0.3, 0.4) is 0 Å². The van der Waals surface area contributed by atoms with Crippen molar-refractivity contribution in [1.82, 2.24) is 5.32 Å². The molecule has 1 aromatic carbocycles. The Kier molecular flexibility index (Phi) is 6.08. The first-order chi connectivity index (χ1) is 11.0. The number of halogens is 2. The SMILES string of the molecule is CCOC(=O)C1(NC(=O)/C=C/c2cccc(Cl)c2Cl)CCCC1. The number of amides is 1. The highest BCUT2D eigenvalue weighted by Crippen LogP contribution is 2.31. The summed E-state index contributed by atoms with van der Waals surface area (Å²) < 4.78 is 5.11. The molecule has 1 aliphatic carbocycles. The molecule has 1 saturated carbocycles. The fourth-order valence-electron chi connectivity index (χ4n) is 2.72. The Hall–Kier alpha value is -1.52. The van der Waals surface area contributed by atoms with Crippen molar-refractivity contribution in [3.8, 4) is 0 Å². The summed E-state index contributed by atoms with van der Waals surface area (Å²) in [7, 11) is 0. The lowest BCUT2D eigenvalue weighted by atomic mass is 9.97. The van der Waals surface area contributed by atoms with E-state index in [1.165, 1.54) is 6.08 Å². The lowest BCUT2D eigenvalue weighted by Crippen LogP contribution is -2.52. The minimum atomic E-state index is -0.907. The highest BCUT2D eigenvalue weighted by Gasteiger charge is 2.43. The van der Waals surface area contributed by atoms with Gasteiger partial charge in [0.25, 0.3) is 0 Å². The number of carbonyl (C=O) groups is 2. The topological polar surface area (TPSA) is 55.4 Å². The third kappa shape index (κ3) is 4.27. The largest absolute Gasteiger partial charge is 0.464 e. The molecule has 2 rings (SSSR count). The first-order valence-electron chi connectivity index (χ1n) is 7.60. The van der Waals surface area contributed by atoms with Gasteiger partial charge in [-0.3, -0.25) is 4.79 Å². The molecule has 0 bridgehead atoms. The van der Waals surface area contributed by atoms with Gasteiger partial charge in [-0.1, -0.05) is 48.2 Å². The first-order valence-corrected chi connectivity index (χ1v) is 8.35. The second-order valence-corrected chi connectivity index (χ2v) is 6.26. The van der Waals surface area contributed by atoms with E-state index in [-0.39, 0.29) is 11.9 Å². The fraction of sp³-hybridized carbons (Fsp3) is 0.412. The molecule has 1 aliphatic rings. The van der Waals surface area contributed by atoms with Gasteiger partial charge in [-0.2, -0.15) is 0 Å². The predicted molar refractivity (Wildman–Crippen MR) is 91.5 cm³/mol. The number of rotatable bonds is 5. The molecule has 4 nitrogen and oxygen atoms in total. The van der Waals surface area contributed by atoms with E-state index < -0.39 is 5.54 Å². The Bertz CT molecular complexity index is 622. The number of benzene rings is 1. The van der Waals surface area contributed by atoms with Crippen LogP contribution in [0.4, 0.5) is 0 Å². The Morgan fingerprint density at radius 2 is 2.00 bits per heavy atom. The van der Waals surface area contributed by atoms with Crippen molar-refractivity contribution < 1.29 is 14.3 Å². The summed E-state index contributed by atoms with van der Waals surface area (Å²) in [5.74, 6) is -0.712. The summed E-state index contributed by atoms with van der Waals surface area (Å²) in [6, 6.07) is 5.19. The van der Waals surface area contributed by atoms with Crippen molar-refractivity contribution in [3.05, 3.63) is 39.9 Å². The smallest absolute Gasteiger partial charge is 0.331 e. The van der Waals surface area contributed by atoms with Crippen LogP contribution in [0.25, 0.3) is 6.08 Å². The Labute approximate surface area is 145 Å². The number of carbonyl (C=O) groups excluding carboxylic acids is 2.